The molecule has 0 spiro atoms. The van der Waals surface area contributed by atoms with Crippen molar-refractivity contribution in [3.63, 3.8) is 0 Å². The molecule has 0 aliphatic heterocycles. The fraction of sp³-hybridized carbons (Fsp3) is 0.0909. The van der Waals surface area contributed by atoms with E-state index in [0.29, 0.717) is 0 Å². The van der Waals surface area contributed by atoms with E-state index < -0.39 is 21.7 Å². The summed E-state index contributed by atoms with van der Waals surface area (Å²) in [5, 5.41) is 0.930. The Hall–Kier alpha value is -3.85. The van der Waals surface area contributed by atoms with Gasteiger partial charge in [-0.05, 0) is 35.9 Å². The zero-order valence-electron chi connectivity index (χ0n) is 16.3. The number of aromatic nitrogens is 1. The van der Waals surface area contributed by atoms with Gasteiger partial charge in [0.2, 0.25) is 5.91 Å². The molecule has 31 heavy (non-hydrogen) atoms. The number of hydrazine groups is 1. The van der Waals surface area contributed by atoms with E-state index in [4.69, 9.17) is 4.42 Å². The summed E-state index contributed by atoms with van der Waals surface area (Å²) in [6.07, 6.45) is 1.82. The molecule has 0 atom stereocenters. The number of amides is 2. The lowest BCUT2D eigenvalue weighted by molar-refractivity contribution is -0.121. The number of hydrogen-bond acceptors (Lipinski definition) is 5. The Morgan fingerprint density at radius 1 is 0.903 bits per heavy atom. The Kier molecular flexibility index (Phi) is 5.59. The van der Waals surface area contributed by atoms with Crippen LogP contribution in [0.1, 0.15) is 21.9 Å². The van der Waals surface area contributed by atoms with Crippen LogP contribution in [0, 0.1) is 0 Å². The third-order valence-electron chi connectivity index (χ3n) is 4.66. The van der Waals surface area contributed by atoms with Gasteiger partial charge in [0.25, 0.3) is 0 Å². The number of para-hydroxylation sites is 1. The first-order valence-electron chi connectivity index (χ1n) is 9.43. The van der Waals surface area contributed by atoms with Gasteiger partial charge in [0.15, 0.2) is 15.6 Å². The van der Waals surface area contributed by atoms with Crippen LogP contribution in [0.5, 0.6) is 0 Å². The predicted octanol–water partition coefficient (Wildman–Crippen LogP) is 2.74. The van der Waals surface area contributed by atoms with Gasteiger partial charge in [0, 0.05) is 17.1 Å². The van der Waals surface area contributed by atoms with Gasteiger partial charge in [-0.25, -0.2) is 8.42 Å². The fourth-order valence-corrected chi connectivity index (χ4v) is 4.43. The maximum absolute atomic E-state index is 12.4. The summed E-state index contributed by atoms with van der Waals surface area (Å²) < 4.78 is 30.2. The molecule has 0 bridgehead atoms. The van der Waals surface area contributed by atoms with E-state index in [1.54, 1.807) is 24.4 Å². The van der Waals surface area contributed by atoms with E-state index in [1.165, 1.54) is 24.3 Å². The zero-order chi connectivity index (χ0) is 21.8. The molecule has 0 unspecified atom stereocenters. The molecule has 0 saturated carbocycles. The number of hydrogen-bond donors (Lipinski definition) is 3. The molecule has 158 valence electrons. The third-order valence-corrected chi connectivity index (χ3v) is 6.32. The highest BCUT2D eigenvalue weighted by atomic mass is 32.2. The van der Waals surface area contributed by atoms with Gasteiger partial charge in [-0.1, -0.05) is 36.4 Å². The van der Waals surface area contributed by atoms with Gasteiger partial charge < -0.3 is 9.40 Å². The first kappa shape index (κ1) is 20.4. The first-order valence-corrected chi connectivity index (χ1v) is 11.1. The molecular weight excluding hydrogens is 418 g/mol. The predicted molar refractivity (Wildman–Crippen MR) is 114 cm³/mol. The normalized spacial score (nSPS) is 11.4. The second kappa shape index (κ2) is 8.49. The number of aromatic amines is 1. The summed E-state index contributed by atoms with van der Waals surface area (Å²) in [5.74, 6) is -1.45. The monoisotopic (exact) mass is 437 g/mol. The molecule has 0 saturated heterocycles. The van der Waals surface area contributed by atoms with Gasteiger partial charge in [0.05, 0.1) is 11.3 Å². The van der Waals surface area contributed by atoms with E-state index in [9.17, 15) is 18.0 Å². The van der Waals surface area contributed by atoms with Crippen LogP contribution in [0.4, 0.5) is 0 Å². The molecular formula is C22H19N3O5S. The highest BCUT2D eigenvalue weighted by Gasteiger charge is 2.19. The molecule has 4 rings (SSSR count). The van der Waals surface area contributed by atoms with Crippen LogP contribution in [0.2, 0.25) is 0 Å². The number of sulfone groups is 1. The second-order valence-electron chi connectivity index (χ2n) is 6.88. The number of benzene rings is 2. The SMILES string of the molecule is O=C(Cc1c[nH]c2ccccc12)NNC(=O)c1ccc(CS(=O)(=O)c2ccccc2)o1. The molecule has 2 amide bonds. The van der Waals surface area contributed by atoms with Gasteiger partial charge in [-0.2, -0.15) is 0 Å². The summed E-state index contributed by atoms with van der Waals surface area (Å²) in [4.78, 5) is 27.7. The van der Waals surface area contributed by atoms with Gasteiger partial charge in [-0.3, -0.25) is 20.4 Å². The maximum atomic E-state index is 12.4. The minimum atomic E-state index is -3.60. The number of furan rings is 1. The average Bonchev–Trinajstić information content (AvgIpc) is 3.40. The van der Waals surface area contributed by atoms with Crippen molar-refractivity contribution < 1.29 is 22.4 Å². The Bertz CT molecular complexity index is 1340. The van der Waals surface area contributed by atoms with Crippen LogP contribution in [0.25, 0.3) is 10.9 Å². The van der Waals surface area contributed by atoms with Crippen LogP contribution >= 0.6 is 0 Å². The van der Waals surface area contributed by atoms with Crippen LogP contribution in [0.15, 0.2) is 82.2 Å². The molecule has 0 aliphatic carbocycles. The Morgan fingerprint density at radius 3 is 2.45 bits per heavy atom. The average molecular weight is 437 g/mol. The smallest absolute Gasteiger partial charge is 0.305 e. The molecule has 8 nitrogen and oxygen atoms in total. The van der Waals surface area contributed by atoms with Crippen molar-refractivity contribution in [2.45, 2.75) is 17.1 Å². The van der Waals surface area contributed by atoms with E-state index in [0.717, 1.165) is 16.5 Å². The van der Waals surface area contributed by atoms with Gasteiger partial charge in [0.1, 0.15) is 11.5 Å². The van der Waals surface area contributed by atoms with E-state index in [2.05, 4.69) is 15.8 Å². The van der Waals surface area contributed by atoms with Crippen LogP contribution in [0.3, 0.4) is 0 Å². The largest absolute Gasteiger partial charge is 0.455 e. The van der Waals surface area contributed by atoms with Crippen LogP contribution < -0.4 is 10.9 Å². The number of nitrogens with one attached hydrogen (secondary N) is 3. The second-order valence-corrected chi connectivity index (χ2v) is 8.87. The zero-order valence-corrected chi connectivity index (χ0v) is 17.1. The molecule has 2 aromatic heterocycles. The molecule has 2 aromatic carbocycles. The maximum Gasteiger partial charge on any atom is 0.305 e. The lowest BCUT2D eigenvalue weighted by Gasteiger charge is -2.06. The van der Waals surface area contributed by atoms with Crippen molar-refractivity contribution in [2.75, 3.05) is 0 Å². The lowest BCUT2D eigenvalue weighted by Crippen LogP contribution is -2.42. The summed E-state index contributed by atoms with van der Waals surface area (Å²) in [6, 6.07) is 18.3. The summed E-state index contributed by atoms with van der Waals surface area (Å²) >= 11 is 0. The van der Waals surface area contributed by atoms with Crippen LogP contribution in [-0.2, 0) is 26.8 Å². The minimum Gasteiger partial charge on any atom is -0.455 e. The molecule has 4 aromatic rings. The number of fused-ring (bicyclic) bond motifs is 1. The topological polar surface area (TPSA) is 121 Å². The number of carbonyl (C=O) groups is 2. The lowest BCUT2D eigenvalue weighted by atomic mass is 10.1. The molecule has 0 fully saturated rings. The molecule has 0 radical (unpaired) electrons. The van der Waals surface area contributed by atoms with Gasteiger partial charge in [-0.15, -0.1) is 0 Å². The quantitative estimate of drug-likeness (QED) is 0.401. The Morgan fingerprint density at radius 2 is 1.65 bits per heavy atom. The van der Waals surface area contributed by atoms with Crippen molar-refractivity contribution in [1.82, 2.24) is 15.8 Å². The highest BCUT2D eigenvalue weighted by Crippen LogP contribution is 2.19. The number of carbonyl (C=O) groups excluding carboxylic acids is 2. The Balaban J connectivity index is 1.34. The first-order chi connectivity index (χ1) is 14.9. The van der Waals surface area contributed by atoms with E-state index >= 15 is 0 Å². The number of rotatable bonds is 6. The van der Waals surface area contributed by atoms with Gasteiger partial charge >= 0.3 is 5.91 Å². The van der Waals surface area contributed by atoms with E-state index in [1.807, 2.05) is 24.3 Å². The van der Waals surface area contributed by atoms with Crippen molar-refractivity contribution in [1.29, 1.82) is 0 Å². The standard InChI is InChI=1S/C22H19N3O5S/c26-21(12-15-13-23-19-9-5-4-8-18(15)19)24-25-22(27)20-11-10-16(30-20)14-31(28,29)17-6-2-1-3-7-17/h1-11,13,23H,12,14H2,(H,24,26)(H,25,27). The van der Waals surface area contributed by atoms with Crippen molar-refractivity contribution in [3.8, 4) is 0 Å². The minimum absolute atomic E-state index is 0.0724. The fourth-order valence-electron chi connectivity index (χ4n) is 3.16. The summed E-state index contributed by atoms with van der Waals surface area (Å²) in [7, 11) is -3.60. The summed E-state index contributed by atoms with van der Waals surface area (Å²) in [5.41, 5.74) is 6.33. The summed E-state index contributed by atoms with van der Waals surface area (Å²) in [6.45, 7) is 0. The molecule has 2 heterocycles. The molecule has 3 N–H and O–H groups in total. The van der Waals surface area contributed by atoms with Crippen molar-refractivity contribution in [3.05, 3.63) is 90.0 Å². The van der Waals surface area contributed by atoms with Crippen molar-refractivity contribution in [2.24, 2.45) is 0 Å². The third kappa shape index (κ3) is 4.67. The highest BCUT2D eigenvalue weighted by molar-refractivity contribution is 7.90. The van der Waals surface area contributed by atoms with Crippen molar-refractivity contribution >= 4 is 32.6 Å². The number of H-pyrrole nitrogens is 1. The Labute approximate surface area is 178 Å². The van der Waals surface area contributed by atoms with Crippen LogP contribution in [-0.4, -0.2) is 25.2 Å². The van der Waals surface area contributed by atoms with E-state index in [-0.39, 0.29) is 28.6 Å². The molecule has 0 aliphatic rings. The molecule has 9 heteroatoms.